The summed E-state index contributed by atoms with van der Waals surface area (Å²) in [6.45, 7) is 0. The highest BCUT2D eigenvalue weighted by Gasteiger charge is 2.34. The number of nitrogens with one attached hydrogen (secondary N) is 1. The van der Waals surface area contributed by atoms with Gasteiger partial charge in [-0.05, 0) is 23.8 Å². The van der Waals surface area contributed by atoms with Crippen LogP contribution in [0.25, 0.3) is 11.1 Å². The van der Waals surface area contributed by atoms with Crippen LogP contribution in [0.15, 0.2) is 29.1 Å². The first-order valence-electron chi connectivity index (χ1n) is 4.91. The molecule has 0 bridgehead atoms. The van der Waals surface area contributed by atoms with Crippen molar-refractivity contribution in [3.8, 4) is 11.1 Å². The minimum atomic E-state index is -4.79. The van der Waals surface area contributed by atoms with Crippen LogP contribution >= 0.6 is 11.6 Å². The van der Waals surface area contributed by atoms with E-state index < -0.39 is 23.1 Å². The van der Waals surface area contributed by atoms with Crippen LogP contribution in [0.2, 0.25) is 5.15 Å². The molecule has 0 saturated carbocycles. The molecule has 0 unspecified atom stereocenters. The summed E-state index contributed by atoms with van der Waals surface area (Å²) >= 11 is 5.56. The summed E-state index contributed by atoms with van der Waals surface area (Å²) in [5.74, 6) is -1.46. The Balaban J connectivity index is 2.57. The van der Waals surface area contributed by atoms with Gasteiger partial charge < -0.3 is 0 Å². The lowest BCUT2D eigenvalue weighted by atomic mass is 10.1. The molecular formula is C11H5ClF4N2O. The van der Waals surface area contributed by atoms with E-state index in [0.717, 1.165) is 12.1 Å². The zero-order valence-corrected chi connectivity index (χ0v) is 9.81. The minimum Gasteiger partial charge on any atom is -0.267 e. The van der Waals surface area contributed by atoms with Gasteiger partial charge in [0.15, 0.2) is 0 Å². The molecule has 3 nitrogen and oxygen atoms in total. The van der Waals surface area contributed by atoms with E-state index >= 15 is 0 Å². The number of rotatable bonds is 1. The number of hydrogen-bond acceptors (Lipinski definition) is 2. The van der Waals surface area contributed by atoms with Crippen molar-refractivity contribution in [2.45, 2.75) is 6.18 Å². The molecule has 1 aromatic carbocycles. The number of H-pyrrole nitrogens is 1. The maximum Gasteiger partial charge on any atom is 0.419 e. The predicted octanol–water partition coefficient (Wildman–Crippen LogP) is 3.25. The zero-order chi connectivity index (χ0) is 14.2. The SMILES string of the molecule is O=c1[nH]nc(Cl)cc1-c1ccc(C(F)(F)F)c(F)c1. The Morgan fingerprint density at radius 2 is 1.89 bits per heavy atom. The lowest BCUT2D eigenvalue weighted by Crippen LogP contribution is -2.12. The van der Waals surface area contributed by atoms with Crippen molar-refractivity contribution in [3.05, 3.63) is 51.2 Å². The van der Waals surface area contributed by atoms with Crippen molar-refractivity contribution in [2.24, 2.45) is 0 Å². The molecule has 0 aliphatic heterocycles. The molecule has 0 aliphatic rings. The van der Waals surface area contributed by atoms with Crippen molar-refractivity contribution in [1.29, 1.82) is 0 Å². The van der Waals surface area contributed by atoms with Gasteiger partial charge in [0.25, 0.3) is 5.56 Å². The summed E-state index contributed by atoms with van der Waals surface area (Å²) in [7, 11) is 0. The topological polar surface area (TPSA) is 45.8 Å². The molecule has 0 fully saturated rings. The largest absolute Gasteiger partial charge is 0.419 e. The van der Waals surface area contributed by atoms with E-state index in [4.69, 9.17) is 11.6 Å². The first kappa shape index (κ1) is 13.5. The van der Waals surface area contributed by atoms with Crippen LogP contribution in [0.3, 0.4) is 0 Å². The fraction of sp³-hybridized carbons (Fsp3) is 0.0909. The van der Waals surface area contributed by atoms with E-state index in [9.17, 15) is 22.4 Å². The molecule has 0 atom stereocenters. The van der Waals surface area contributed by atoms with Crippen molar-refractivity contribution >= 4 is 11.6 Å². The molecule has 100 valence electrons. The summed E-state index contributed by atoms with van der Waals surface area (Å²) in [5.41, 5.74) is -2.15. The lowest BCUT2D eigenvalue weighted by molar-refractivity contribution is -0.139. The Hall–Kier alpha value is -1.89. The average molecular weight is 293 g/mol. The summed E-state index contributed by atoms with van der Waals surface area (Å²) in [6, 6.07) is 3.33. The molecule has 0 spiro atoms. The third-order valence-corrected chi connectivity index (χ3v) is 2.55. The number of hydrogen-bond donors (Lipinski definition) is 1. The van der Waals surface area contributed by atoms with E-state index in [1.54, 1.807) is 0 Å². The maximum absolute atomic E-state index is 13.4. The smallest absolute Gasteiger partial charge is 0.267 e. The van der Waals surface area contributed by atoms with Gasteiger partial charge in [0.2, 0.25) is 0 Å². The molecule has 2 rings (SSSR count). The normalized spacial score (nSPS) is 11.6. The Bertz CT molecular complexity index is 681. The van der Waals surface area contributed by atoms with Crippen molar-refractivity contribution < 1.29 is 17.6 Å². The minimum absolute atomic E-state index is 0.0175. The second-order valence-corrected chi connectivity index (χ2v) is 4.01. The van der Waals surface area contributed by atoms with Crippen molar-refractivity contribution in [3.63, 3.8) is 0 Å². The van der Waals surface area contributed by atoms with Gasteiger partial charge >= 0.3 is 6.18 Å². The van der Waals surface area contributed by atoms with Gasteiger partial charge in [-0.1, -0.05) is 17.7 Å². The Labute approximate surface area is 108 Å². The van der Waals surface area contributed by atoms with Crippen LogP contribution in [0, 0.1) is 5.82 Å². The second kappa shape index (κ2) is 4.65. The van der Waals surface area contributed by atoms with E-state index in [2.05, 4.69) is 5.10 Å². The summed E-state index contributed by atoms with van der Waals surface area (Å²) < 4.78 is 50.5. The first-order valence-corrected chi connectivity index (χ1v) is 5.29. The molecule has 0 saturated heterocycles. The molecule has 0 aliphatic carbocycles. The Morgan fingerprint density at radius 3 is 2.47 bits per heavy atom. The number of aromatic amines is 1. The Kier molecular flexibility index (Phi) is 3.32. The summed E-state index contributed by atoms with van der Waals surface area (Å²) in [6.07, 6.45) is -4.79. The number of alkyl halides is 3. The highest BCUT2D eigenvalue weighted by Crippen LogP contribution is 2.33. The number of benzene rings is 1. The van der Waals surface area contributed by atoms with Crippen LogP contribution in [0.4, 0.5) is 17.6 Å². The van der Waals surface area contributed by atoms with Crippen molar-refractivity contribution in [1.82, 2.24) is 10.2 Å². The molecule has 1 aromatic heterocycles. The van der Waals surface area contributed by atoms with Crippen LogP contribution in [0.5, 0.6) is 0 Å². The third kappa shape index (κ3) is 2.76. The fourth-order valence-electron chi connectivity index (χ4n) is 1.51. The third-order valence-electron chi connectivity index (χ3n) is 2.36. The van der Waals surface area contributed by atoms with Gasteiger partial charge in [0, 0.05) is 0 Å². The number of aromatic nitrogens is 2. The molecule has 0 amide bonds. The van der Waals surface area contributed by atoms with Gasteiger partial charge in [-0.2, -0.15) is 18.3 Å². The number of nitrogens with zero attached hydrogens (tertiary/aromatic N) is 1. The highest BCUT2D eigenvalue weighted by molar-refractivity contribution is 6.29. The number of halogens is 5. The van der Waals surface area contributed by atoms with E-state index in [-0.39, 0.29) is 16.3 Å². The van der Waals surface area contributed by atoms with Crippen LogP contribution in [0.1, 0.15) is 5.56 Å². The average Bonchev–Trinajstić information content (AvgIpc) is 2.30. The summed E-state index contributed by atoms with van der Waals surface area (Å²) in [5, 5.41) is 5.39. The van der Waals surface area contributed by atoms with E-state index in [1.807, 2.05) is 5.10 Å². The predicted molar refractivity (Wildman–Crippen MR) is 60.3 cm³/mol. The second-order valence-electron chi connectivity index (χ2n) is 3.63. The summed E-state index contributed by atoms with van der Waals surface area (Å²) in [4.78, 5) is 11.4. The molecular weight excluding hydrogens is 288 g/mol. The van der Waals surface area contributed by atoms with E-state index in [1.165, 1.54) is 0 Å². The Morgan fingerprint density at radius 1 is 1.21 bits per heavy atom. The quantitative estimate of drug-likeness (QED) is 0.820. The molecule has 19 heavy (non-hydrogen) atoms. The zero-order valence-electron chi connectivity index (χ0n) is 9.05. The van der Waals surface area contributed by atoms with Gasteiger partial charge in [-0.15, -0.1) is 0 Å². The van der Waals surface area contributed by atoms with Crippen LogP contribution < -0.4 is 5.56 Å². The highest BCUT2D eigenvalue weighted by atomic mass is 35.5. The monoisotopic (exact) mass is 292 g/mol. The van der Waals surface area contributed by atoms with E-state index in [0.29, 0.717) is 12.1 Å². The molecule has 8 heteroatoms. The molecule has 2 aromatic rings. The molecule has 1 heterocycles. The molecule has 0 radical (unpaired) electrons. The lowest BCUT2D eigenvalue weighted by Gasteiger charge is -2.09. The van der Waals surface area contributed by atoms with Crippen LogP contribution in [-0.4, -0.2) is 10.2 Å². The standard InChI is InChI=1S/C11H5ClF4N2O/c12-9-4-6(10(19)18-17-9)5-1-2-7(8(13)3-5)11(14,15)16/h1-4H,(H,18,19). The maximum atomic E-state index is 13.4. The van der Waals surface area contributed by atoms with Gasteiger partial charge in [0.05, 0.1) is 11.1 Å². The van der Waals surface area contributed by atoms with Crippen LogP contribution in [-0.2, 0) is 6.18 Å². The fourth-order valence-corrected chi connectivity index (χ4v) is 1.66. The molecule has 1 N–H and O–H groups in total. The first-order chi connectivity index (χ1) is 8.79. The van der Waals surface area contributed by atoms with Gasteiger partial charge in [0.1, 0.15) is 11.0 Å². The van der Waals surface area contributed by atoms with Gasteiger partial charge in [-0.3, -0.25) is 4.79 Å². The van der Waals surface area contributed by atoms with Crippen molar-refractivity contribution in [2.75, 3.05) is 0 Å². The van der Waals surface area contributed by atoms with Gasteiger partial charge in [-0.25, -0.2) is 9.49 Å².